The number of hydrogen-bond donors (Lipinski definition) is 2. The van der Waals surface area contributed by atoms with Crippen LogP contribution in [0, 0.1) is 23.0 Å². The quantitative estimate of drug-likeness (QED) is 0.635. The summed E-state index contributed by atoms with van der Waals surface area (Å²) < 4.78 is 0.605. The van der Waals surface area contributed by atoms with Crippen LogP contribution in [0.4, 0.5) is 11.5 Å². The van der Waals surface area contributed by atoms with E-state index < -0.39 is 4.92 Å². The molecule has 1 saturated carbocycles. The first-order valence-electron chi connectivity index (χ1n) is 6.75. The van der Waals surface area contributed by atoms with Crippen LogP contribution in [0.15, 0.2) is 10.7 Å². The highest BCUT2D eigenvalue weighted by Crippen LogP contribution is 2.33. The van der Waals surface area contributed by atoms with Gasteiger partial charge in [-0.05, 0) is 48.5 Å². The van der Waals surface area contributed by atoms with Crippen molar-refractivity contribution in [1.29, 1.82) is 0 Å². The standard InChI is InChI=1S/C13H17BrN4O3/c1-7-10(18(20)21)6-16-13(11(7)14)17-9-4-2-8(3-5-9)12(15)19/h6,8-9H,2-5H2,1H3,(H2,15,19)(H,16,17). The third kappa shape index (κ3) is 3.49. The number of hydrogen-bond acceptors (Lipinski definition) is 5. The Bertz CT molecular complexity index is 571. The van der Waals surface area contributed by atoms with Crippen LogP contribution in [0.25, 0.3) is 0 Å². The zero-order valence-electron chi connectivity index (χ0n) is 11.6. The highest BCUT2D eigenvalue weighted by Gasteiger charge is 2.26. The number of amides is 1. The molecule has 3 N–H and O–H groups in total. The molecule has 8 heteroatoms. The van der Waals surface area contributed by atoms with E-state index in [4.69, 9.17) is 5.73 Å². The van der Waals surface area contributed by atoms with Gasteiger partial charge in [-0.2, -0.15) is 0 Å². The SMILES string of the molecule is Cc1c([N+](=O)[O-])cnc(NC2CCC(C(N)=O)CC2)c1Br. The fourth-order valence-corrected chi connectivity index (χ4v) is 2.99. The van der Waals surface area contributed by atoms with Crippen LogP contribution in [0.5, 0.6) is 0 Å². The number of rotatable bonds is 4. The number of pyridine rings is 1. The fraction of sp³-hybridized carbons (Fsp3) is 0.538. The molecular weight excluding hydrogens is 340 g/mol. The van der Waals surface area contributed by atoms with Gasteiger partial charge < -0.3 is 11.1 Å². The minimum Gasteiger partial charge on any atom is -0.369 e. The second-order valence-electron chi connectivity index (χ2n) is 5.28. The van der Waals surface area contributed by atoms with Crippen molar-refractivity contribution in [2.75, 3.05) is 5.32 Å². The first-order valence-corrected chi connectivity index (χ1v) is 7.54. The van der Waals surface area contributed by atoms with Crippen molar-refractivity contribution in [2.45, 2.75) is 38.6 Å². The molecule has 0 unspecified atom stereocenters. The van der Waals surface area contributed by atoms with Crippen molar-refractivity contribution in [3.8, 4) is 0 Å². The van der Waals surface area contributed by atoms with Crippen molar-refractivity contribution in [2.24, 2.45) is 11.7 Å². The van der Waals surface area contributed by atoms with Crippen LogP contribution < -0.4 is 11.1 Å². The molecule has 1 aromatic heterocycles. The van der Waals surface area contributed by atoms with Crippen LogP contribution in [-0.4, -0.2) is 21.9 Å². The average molecular weight is 357 g/mol. The van der Waals surface area contributed by atoms with E-state index in [9.17, 15) is 14.9 Å². The van der Waals surface area contributed by atoms with Gasteiger partial charge in [0.05, 0.1) is 9.40 Å². The Hall–Kier alpha value is -1.70. The lowest BCUT2D eigenvalue weighted by molar-refractivity contribution is -0.385. The molecule has 1 aromatic rings. The maximum Gasteiger partial charge on any atom is 0.291 e. The minimum atomic E-state index is -0.449. The van der Waals surface area contributed by atoms with Gasteiger partial charge in [0, 0.05) is 17.5 Å². The molecule has 1 aliphatic rings. The normalized spacial score (nSPS) is 21.8. The van der Waals surface area contributed by atoms with Crippen molar-refractivity contribution in [3.63, 3.8) is 0 Å². The zero-order valence-corrected chi connectivity index (χ0v) is 13.2. The summed E-state index contributed by atoms with van der Waals surface area (Å²) in [6, 6.07) is 0.199. The summed E-state index contributed by atoms with van der Waals surface area (Å²) in [4.78, 5) is 25.7. The highest BCUT2D eigenvalue weighted by molar-refractivity contribution is 9.10. The van der Waals surface area contributed by atoms with E-state index in [1.54, 1.807) is 6.92 Å². The van der Waals surface area contributed by atoms with Gasteiger partial charge in [-0.15, -0.1) is 0 Å². The summed E-state index contributed by atoms with van der Waals surface area (Å²) in [7, 11) is 0. The molecule has 7 nitrogen and oxygen atoms in total. The van der Waals surface area contributed by atoms with E-state index in [0.29, 0.717) is 15.9 Å². The summed E-state index contributed by atoms with van der Waals surface area (Å²) in [5.74, 6) is 0.317. The number of nitrogens with two attached hydrogens (primary N) is 1. The molecule has 21 heavy (non-hydrogen) atoms. The molecule has 0 radical (unpaired) electrons. The second kappa shape index (κ2) is 6.38. The molecule has 114 valence electrons. The number of nitrogens with one attached hydrogen (secondary N) is 1. The molecule has 2 rings (SSSR count). The lowest BCUT2D eigenvalue weighted by Crippen LogP contribution is -2.32. The number of carbonyl (C=O) groups excluding carboxylic acids is 1. The Morgan fingerprint density at radius 1 is 1.48 bits per heavy atom. The molecule has 0 bridgehead atoms. The van der Waals surface area contributed by atoms with Gasteiger partial charge in [0.25, 0.3) is 5.69 Å². The Morgan fingerprint density at radius 3 is 2.62 bits per heavy atom. The molecule has 0 spiro atoms. The Kier molecular flexibility index (Phi) is 4.76. The maximum atomic E-state index is 11.1. The van der Waals surface area contributed by atoms with Crippen LogP contribution >= 0.6 is 15.9 Å². The smallest absolute Gasteiger partial charge is 0.291 e. The highest BCUT2D eigenvalue weighted by atomic mass is 79.9. The summed E-state index contributed by atoms with van der Waals surface area (Å²) >= 11 is 3.36. The predicted octanol–water partition coefficient (Wildman–Crippen LogP) is 2.52. The van der Waals surface area contributed by atoms with E-state index in [-0.39, 0.29) is 23.6 Å². The van der Waals surface area contributed by atoms with E-state index in [1.807, 2.05) is 0 Å². The third-order valence-electron chi connectivity index (χ3n) is 3.90. The van der Waals surface area contributed by atoms with E-state index in [2.05, 4.69) is 26.2 Å². The molecule has 1 amide bonds. The van der Waals surface area contributed by atoms with Gasteiger partial charge in [-0.1, -0.05) is 0 Å². The van der Waals surface area contributed by atoms with Crippen molar-refractivity contribution in [1.82, 2.24) is 4.98 Å². The molecule has 0 saturated heterocycles. The molecule has 0 aliphatic heterocycles. The lowest BCUT2D eigenvalue weighted by atomic mass is 9.85. The van der Waals surface area contributed by atoms with Crippen LogP contribution in [-0.2, 0) is 4.79 Å². The predicted molar refractivity (Wildman–Crippen MR) is 81.9 cm³/mol. The monoisotopic (exact) mass is 356 g/mol. The largest absolute Gasteiger partial charge is 0.369 e. The van der Waals surface area contributed by atoms with Crippen LogP contribution in [0.2, 0.25) is 0 Å². The van der Waals surface area contributed by atoms with Gasteiger partial charge in [0.2, 0.25) is 5.91 Å². The number of nitrogens with zero attached hydrogens (tertiary/aromatic N) is 2. The lowest BCUT2D eigenvalue weighted by Gasteiger charge is -2.28. The summed E-state index contributed by atoms with van der Waals surface area (Å²) in [6.07, 6.45) is 4.44. The Labute approximate surface area is 130 Å². The van der Waals surface area contributed by atoms with Gasteiger partial charge in [0.15, 0.2) is 0 Å². The Balaban J connectivity index is 2.06. The topological polar surface area (TPSA) is 111 Å². The number of nitro groups is 1. The van der Waals surface area contributed by atoms with Gasteiger partial charge >= 0.3 is 0 Å². The number of halogens is 1. The number of carbonyl (C=O) groups is 1. The first-order chi connectivity index (χ1) is 9.90. The molecule has 1 fully saturated rings. The molecule has 1 aliphatic carbocycles. The third-order valence-corrected chi connectivity index (χ3v) is 4.87. The Morgan fingerprint density at radius 2 is 2.10 bits per heavy atom. The zero-order chi connectivity index (χ0) is 15.6. The minimum absolute atomic E-state index is 0.00939. The first kappa shape index (κ1) is 15.7. The number of primary amides is 1. The molecule has 1 heterocycles. The second-order valence-corrected chi connectivity index (χ2v) is 6.08. The molecule has 0 aromatic carbocycles. The van der Waals surface area contributed by atoms with Crippen molar-refractivity contribution < 1.29 is 9.72 Å². The van der Waals surface area contributed by atoms with Crippen LogP contribution in [0.3, 0.4) is 0 Å². The fourth-order valence-electron chi connectivity index (χ4n) is 2.57. The number of anilines is 1. The summed E-state index contributed by atoms with van der Waals surface area (Å²) in [5.41, 5.74) is 5.85. The van der Waals surface area contributed by atoms with Gasteiger partial charge in [-0.25, -0.2) is 4.98 Å². The summed E-state index contributed by atoms with van der Waals surface area (Å²) in [5, 5.41) is 14.1. The van der Waals surface area contributed by atoms with Crippen LogP contribution in [0.1, 0.15) is 31.2 Å². The van der Waals surface area contributed by atoms with E-state index in [0.717, 1.165) is 25.7 Å². The van der Waals surface area contributed by atoms with Gasteiger partial charge in [0.1, 0.15) is 12.0 Å². The van der Waals surface area contributed by atoms with Crippen molar-refractivity contribution >= 4 is 33.3 Å². The average Bonchev–Trinajstić information content (AvgIpc) is 2.44. The van der Waals surface area contributed by atoms with E-state index >= 15 is 0 Å². The molecular formula is C13H17BrN4O3. The van der Waals surface area contributed by atoms with Crippen molar-refractivity contribution in [3.05, 3.63) is 26.3 Å². The van der Waals surface area contributed by atoms with Gasteiger partial charge in [-0.3, -0.25) is 14.9 Å². The number of aromatic nitrogens is 1. The molecule has 0 atom stereocenters. The maximum absolute atomic E-state index is 11.1. The van der Waals surface area contributed by atoms with E-state index in [1.165, 1.54) is 6.20 Å². The summed E-state index contributed by atoms with van der Waals surface area (Å²) in [6.45, 7) is 1.68.